The summed E-state index contributed by atoms with van der Waals surface area (Å²) in [6.45, 7) is 2.05. The zero-order valence-electron chi connectivity index (χ0n) is 9.76. The molecule has 0 fully saturated rings. The predicted octanol–water partition coefficient (Wildman–Crippen LogP) is 2.94. The minimum Gasteiger partial charge on any atom is -0.366 e. The van der Waals surface area contributed by atoms with Crippen LogP contribution in [0.1, 0.15) is 5.56 Å². The Hall–Kier alpha value is -2.07. The number of hydrogen-bond donors (Lipinski definition) is 1. The predicted molar refractivity (Wildman–Crippen MR) is 72.6 cm³/mol. The molecular formula is C13H11ClN4. The van der Waals surface area contributed by atoms with E-state index in [2.05, 4.69) is 10.1 Å². The van der Waals surface area contributed by atoms with E-state index in [0.717, 1.165) is 27.4 Å². The second kappa shape index (κ2) is 3.99. The van der Waals surface area contributed by atoms with Crippen LogP contribution in [0, 0.1) is 6.92 Å². The number of aromatic nitrogens is 3. The largest absolute Gasteiger partial charge is 0.366 e. The smallest absolute Gasteiger partial charge is 0.240 e. The number of halogens is 1. The Kier molecular flexibility index (Phi) is 2.45. The Bertz CT molecular complexity index is 733. The van der Waals surface area contributed by atoms with E-state index in [1.54, 1.807) is 4.52 Å². The zero-order chi connectivity index (χ0) is 12.7. The summed E-state index contributed by atoms with van der Waals surface area (Å²) in [6, 6.07) is 9.75. The van der Waals surface area contributed by atoms with Crippen LogP contribution in [0.4, 0.5) is 5.95 Å². The number of nitrogens with two attached hydrogens (primary N) is 1. The summed E-state index contributed by atoms with van der Waals surface area (Å²) in [6.07, 6.45) is 1.84. The van der Waals surface area contributed by atoms with E-state index in [-0.39, 0.29) is 5.95 Å². The molecule has 0 aliphatic rings. The highest BCUT2D eigenvalue weighted by molar-refractivity contribution is 6.30. The molecule has 2 heterocycles. The Balaban J connectivity index is 2.21. The van der Waals surface area contributed by atoms with Gasteiger partial charge in [0.25, 0.3) is 0 Å². The van der Waals surface area contributed by atoms with Gasteiger partial charge in [-0.1, -0.05) is 17.7 Å². The molecule has 90 valence electrons. The van der Waals surface area contributed by atoms with Crippen LogP contribution in [0.3, 0.4) is 0 Å². The molecule has 0 saturated carbocycles. The molecule has 2 N–H and O–H groups in total. The van der Waals surface area contributed by atoms with Crippen LogP contribution in [0.5, 0.6) is 0 Å². The quantitative estimate of drug-likeness (QED) is 0.730. The van der Waals surface area contributed by atoms with Gasteiger partial charge in [-0.15, -0.1) is 5.10 Å². The van der Waals surface area contributed by atoms with E-state index in [0.29, 0.717) is 0 Å². The molecule has 18 heavy (non-hydrogen) atoms. The molecule has 0 aliphatic heterocycles. The van der Waals surface area contributed by atoms with E-state index in [1.165, 1.54) is 0 Å². The molecule has 0 amide bonds. The monoisotopic (exact) mass is 258 g/mol. The first-order chi connectivity index (χ1) is 8.63. The van der Waals surface area contributed by atoms with Crippen LogP contribution < -0.4 is 5.73 Å². The molecule has 0 radical (unpaired) electrons. The normalized spacial score (nSPS) is 11.0. The van der Waals surface area contributed by atoms with E-state index in [1.807, 2.05) is 43.5 Å². The van der Waals surface area contributed by atoms with Crippen molar-refractivity contribution in [1.82, 2.24) is 14.6 Å². The fourth-order valence-corrected chi connectivity index (χ4v) is 2.14. The van der Waals surface area contributed by atoms with Crippen molar-refractivity contribution in [2.75, 3.05) is 5.73 Å². The molecule has 2 aromatic heterocycles. The minimum absolute atomic E-state index is 0.273. The summed E-state index contributed by atoms with van der Waals surface area (Å²) < 4.78 is 1.65. The van der Waals surface area contributed by atoms with Gasteiger partial charge in [0.05, 0.1) is 0 Å². The number of pyridine rings is 1. The van der Waals surface area contributed by atoms with Gasteiger partial charge in [-0.3, -0.25) is 0 Å². The van der Waals surface area contributed by atoms with Gasteiger partial charge in [0, 0.05) is 11.2 Å². The molecule has 3 rings (SSSR count). The van der Waals surface area contributed by atoms with Gasteiger partial charge in [-0.25, -0.2) is 4.52 Å². The lowest BCUT2D eigenvalue weighted by molar-refractivity contribution is 0.968. The van der Waals surface area contributed by atoms with Crippen molar-refractivity contribution in [3.63, 3.8) is 0 Å². The van der Waals surface area contributed by atoms with Crippen molar-refractivity contribution in [1.29, 1.82) is 0 Å². The van der Waals surface area contributed by atoms with Gasteiger partial charge in [-0.2, -0.15) is 4.98 Å². The summed E-state index contributed by atoms with van der Waals surface area (Å²) in [5, 5.41) is 4.76. The number of aryl methyl sites for hydroxylation is 1. The molecule has 0 spiro atoms. The SMILES string of the molecule is Cc1ccc(Cl)cc1-c1ccn2nc(N)nc2c1. The van der Waals surface area contributed by atoms with Gasteiger partial charge in [-0.05, 0) is 47.9 Å². The molecule has 1 aromatic carbocycles. The van der Waals surface area contributed by atoms with Crippen LogP contribution in [-0.2, 0) is 0 Å². The number of nitrogen functional groups attached to an aromatic ring is 1. The van der Waals surface area contributed by atoms with Crippen molar-refractivity contribution in [2.45, 2.75) is 6.92 Å². The number of anilines is 1. The third kappa shape index (κ3) is 1.80. The molecule has 3 aromatic rings. The highest BCUT2D eigenvalue weighted by Gasteiger charge is 2.06. The highest BCUT2D eigenvalue weighted by Crippen LogP contribution is 2.27. The lowest BCUT2D eigenvalue weighted by atomic mass is 10.0. The molecule has 0 unspecified atom stereocenters. The summed E-state index contributed by atoms with van der Waals surface area (Å²) in [7, 11) is 0. The summed E-state index contributed by atoms with van der Waals surface area (Å²) in [5.74, 6) is 0.273. The fourth-order valence-electron chi connectivity index (χ4n) is 1.97. The number of rotatable bonds is 1. The average molecular weight is 259 g/mol. The van der Waals surface area contributed by atoms with Crippen molar-refractivity contribution >= 4 is 23.2 Å². The molecule has 0 saturated heterocycles. The standard InChI is InChI=1S/C13H11ClN4/c1-8-2-3-10(14)7-11(8)9-4-5-18-12(6-9)16-13(15)17-18/h2-7H,1H3,(H2,15,17). The van der Waals surface area contributed by atoms with E-state index >= 15 is 0 Å². The minimum atomic E-state index is 0.273. The van der Waals surface area contributed by atoms with Gasteiger partial charge >= 0.3 is 0 Å². The second-order valence-electron chi connectivity index (χ2n) is 4.15. The number of hydrogen-bond acceptors (Lipinski definition) is 3. The first-order valence-electron chi connectivity index (χ1n) is 5.52. The van der Waals surface area contributed by atoms with Crippen LogP contribution in [0.25, 0.3) is 16.8 Å². The van der Waals surface area contributed by atoms with E-state index in [9.17, 15) is 0 Å². The van der Waals surface area contributed by atoms with Crippen molar-refractivity contribution in [3.8, 4) is 11.1 Å². The maximum atomic E-state index is 6.04. The molecule has 0 aliphatic carbocycles. The third-order valence-corrected chi connectivity index (χ3v) is 3.10. The topological polar surface area (TPSA) is 56.2 Å². The van der Waals surface area contributed by atoms with E-state index < -0.39 is 0 Å². The summed E-state index contributed by atoms with van der Waals surface area (Å²) >= 11 is 6.04. The molecule has 0 atom stereocenters. The van der Waals surface area contributed by atoms with Gasteiger partial charge in [0.2, 0.25) is 5.95 Å². The number of fused-ring (bicyclic) bond motifs is 1. The zero-order valence-corrected chi connectivity index (χ0v) is 10.5. The van der Waals surface area contributed by atoms with Crippen LogP contribution in [0.2, 0.25) is 5.02 Å². The van der Waals surface area contributed by atoms with E-state index in [4.69, 9.17) is 17.3 Å². The lowest BCUT2D eigenvalue weighted by Gasteiger charge is -2.06. The first-order valence-corrected chi connectivity index (χ1v) is 5.90. The van der Waals surface area contributed by atoms with Crippen molar-refractivity contribution < 1.29 is 0 Å². The second-order valence-corrected chi connectivity index (χ2v) is 4.58. The lowest BCUT2D eigenvalue weighted by Crippen LogP contribution is -1.90. The summed E-state index contributed by atoms with van der Waals surface area (Å²) in [5.41, 5.74) is 9.60. The number of benzene rings is 1. The van der Waals surface area contributed by atoms with Gasteiger partial charge in [0.1, 0.15) is 0 Å². The third-order valence-electron chi connectivity index (χ3n) is 2.86. The van der Waals surface area contributed by atoms with Crippen molar-refractivity contribution in [3.05, 3.63) is 47.1 Å². The summed E-state index contributed by atoms with van der Waals surface area (Å²) in [4.78, 5) is 4.15. The fraction of sp³-hybridized carbons (Fsp3) is 0.0769. The van der Waals surface area contributed by atoms with Crippen molar-refractivity contribution in [2.24, 2.45) is 0 Å². The Labute approximate surface area is 109 Å². The Morgan fingerprint density at radius 3 is 2.89 bits per heavy atom. The van der Waals surface area contributed by atoms with Crippen LogP contribution in [-0.4, -0.2) is 14.6 Å². The van der Waals surface area contributed by atoms with Crippen LogP contribution >= 0.6 is 11.6 Å². The van der Waals surface area contributed by atoms with Gasteiger partial charge < -0.3 is 5.73 Å². The Morgan fingerprint density at radius 1 is 1.22 bits per heavy atom. The molecule has 0 bridgehead atoms. The van der Waals surface area contributed by atoms with Crippen LogP contribution in [0.15, 0.2) is 36.5 Å². The number of nitrogens with zero attached hydrogens (tertiary/aromatic N) is 3. The maximum absolute atomic E-state index is 6.04. The maximum Gasteiger partial charge on any atom is 0.240 e. The van der Waals surface area contributed by atoms with Gasteiger partial charge in [0.15, 0.2) is 5.65 Å². The Morgan fingerprint density at radius 2 is 2.06 bits per heavy atom. The highest BCUT2D eigenvalue weighted by atomic mass is 35.5. The first kappa shape index (κ1) is 11.0. The average Bonchev–Trinajstić information content (AvgIpc) is 2.71. The molecule has 5 heteroatoms. The molecule has 4 nitrogen and oxygen atoms in total. The molecular weight excluding hydrogens is 248 g/mol.